The largest absolute Gasteiger partial charge is 0.357 e. The number of guanidine groups is 1. The van der Waals surface area contributed by atoms with Gasteiger partial charge in [0.25, 0.3) is 0 Å². The molecule has 1 atom stereocenters. The van der Waals surface area contributed by atoms with Crippen molar-refractivity contribution in [2.24, 2.45) is 4.99 Å². The van der Waals surface area contributed by atoms with Crippen molar-refractivity contribution in [1.82, 2.24) is 25.4 Å². The van der Waals surface area contributed by atoms with Gasteiger partial charge >= 0.3 is 0 Å². The molecule has 1 amide bonds. The van der Waals surface area contributed by atoms with E-state index in [2.05, 4.69) is 43.7 Å². The molecule has 1 aromatic heterocycles. The van der Waals surface area contributed by atoms with Gasteiger partial charge in [0.1, 0.15) is 11.6 Å². The highest BCUT2D eigenvalue weighted by molar-refractivity contribution is 5.94. The minimum absolute atomic E-state index is 0.0550. The number of rotatable bonds is 6. The van der Waals surface area contributed by atoms with Crippen LogP contribution in [-0.2, 0) is 24.2 Å². The Morgan fingerprint density at radius 1 is 1.23 bits per heavy atom. The van der Waals surface area contributed by atoms with Gasteiger partial charge in [-0.2, -0.15) is 0 Å². The van der Waals surface area contributed by atoms with Crippen molar-refractivity contribution in [3.63, 3.8) is 0 Å². The predicted octanol–water partition coefficient (Wildman–Crippen LogP) is 2.23. The number of aryl methyl sites for hydroxylation is 1. The number of carbonyl (C=O) groups is 1. The van der Waals surface area contributed by atoms with Crippen molar-refractivity contribution in [2.45, 2.75) is 57.9 Å². The van der Waals surface area contributed by atoms with E-state index in [1.54, 1.807) is 0 Å². The van der Waals surface area contributed by atoms with E-state index < -0.39 is 0 Å². The number of anilines is 1. The number of hydrogen-bond donors (Lipinski definition) is 3. The lowest BCUT2D eigenvalue weighted by Crippen LogP contribution is -2.39. The Balaban J connectivity index is 1.37. The molecule has 3 N–H and O–H groups in total. The smallest absolute Gasteiger partial charge is 0.225 e. The molecule has 0 saturated heterocycles. The molecule has 30 heavy (non-hydrogen) atoms. The van der Waals surface area contributed by atoms with E-state index in [0.29, 0.717) is 13.0 Å². The zero-order valence-electron chi connectivity index (χ0n) is 17.7. The molecular formula is C22H31N7O. The molecule has 2 aliphatic rings. The minimum atomic E-state index is 0.0550. The van der Waals surface area contributed by atoms with Gasteiger partial charge in [-0.05, 0) is 31.4 Å². The molecule has 0 bridgehead atoms. The lowest BCUT2D eigenvalue weighted by Gasteiger charge is -2.24. The highest BCUT2D eigenvalue weighted by Crippen LogP contribution is 2.31. The average Bonchev–Trinajstić information content (AvgIpc) is 2.97. The summed E-state index contributed by atoms with van der Waals surface area (Å²) >= 11 is 0. The highest BCUT2D eigenvalue weighted by atomic mass is 16.1. The summed E-state index contributed by atoms with van der Waals surface area (Å²) in [6.45, 7) is 5.17. The third-order valence-corrected chi connectivity index (χ3v) is 5.75. The molecule has 160 valence electrons. The standard InChI is InChI=1S/C22H31N7O/c1-2-23-22(24-12-11-20-28-27-19-10-4-3-7-13-29(19)20)25-15-16-14-21(30)26-18-9-6-5-8-17(16)18/h5-6,8-9,16H,2-4,7,10-15H2,1H3,(H,26,30)(H2,23,24,25). The van der Waals surface area contributed by atoms with E-state index in [4.69, 9.17) is 4.99 Å². The van der Waals surface area contributed by atoms with Gasteiger partial charge in [0.05, 0.1) is 6.54 Å². The number of para-hydroxylation sites is 1. The number of aliphatic imine (C=N–C) groups is 1. The fourth-order valence-electron chi connectivity index (χ4n) is 4.23. The van der Waals surface area contributed by atoms with Gasteiger partial charge in [-0.25, -0.2) is 0 Å². The maximum Gasteiger partial charge on any atom is 0.225 e. The van der Waals surface area contributed by atoms with Crippen molar-refractivity contribution in [3.8, 4) is 0 Å². The Morgan fingerprint density at radius 2 is 2.13 bits per heavy atom. The molecule has 0 saturated carbocycles. The van der Waals surface area contributed by atoms with Crippen LogP contribution in [0, 0.1) is 0 Å². The van der Waals surface area contributed by atoms with Crippen molar-refractivity contribution >= 4 is 17.6 Å². The topological polar surface area (TPSA) is 96.2 Å². The summed E-state index contributed by atoms with van der Waals surface area (Å²) in [5.74, 6) is 3.10. The molecule has 1 aromatic carbocycles. The van der Waals surface area contributed by atoms with Crippen LogP contribution in [0.4, 0.5) is 5.69 Å². The van der Waals surface area contributed by atoms with Crippen LogP contribution in [0.3, 0.4) is 0 Å². The molecule has 4 rings (SSSR count). The number of hydrogen-bond acceptors (Lipinski definition) is 4. The number of benzene rings is 1. The quantitative estimate of drug-likeness (QED) is 0.502. The van der Waals surface area contributed by atoms with Gasteiger partial charge in [-0.3, -0.25) is 9.79 Å². The van der Waals surface area contributed by atoms with Gasteiger partial charge in [0.2, 0.25) is 5.91 Å². The maximum atomic E-state index is 12.0. The number of aromatic nitrogens is 3. The summed E-state index contributed by atoms with van der Waals surface area (Å²) in [4.78, 5) is 16.8. The molecular weight excluding hydrogens is 378 g/mol. The third-order valence-electron chi connectivity index (χ3n) is 5.75. The van der Waals surface area contributed by atoms with Gasteiger partial charge in [-0.15, -0.1) is 10.2 Å². The summed E-state index contributed by atoms with van der Waals surface area (Å²) in [5.41, 5.74) is 2.06. The summed E-state index contributed by atoms with van der Waals surface area (Å²) < 4.78 is 2.29. The first-order valence-corrected chi connectivity index (χ1v) is 11.1. The molecule has 0 fully saturated rings. The van der Waals surface area contributed by atoms with E-state index in [0.717, 1.165) is 61.3 Å². The van der Waals surface area contributed by atoms with Gasteiger partial charge in [-0.1, -0.05) is 24.6 Å². The molecule has 0 spiro atoms. The van der Waals surface area contributed by atoms with Gasteiger partial charge in [0.15, 0.2) is 5.96 Å². The maximum absolute atomic E-state index is 12.0. The fraction of sp³-hybridized carbons (Fsp3) is 0.545. The first kappa shape index (κ1) is 20.4. The first-order chi connectivity index (χ1) is 14.7. The van der Waals surface area contributed by atoms with Crippen molar-refractivity contribution in [1.29, 1.82) is 0 Å². The Kier molecular flexibility index (Phi) is 6.61. The second kappa shape index (κ2) is 9.73. The monoisotopic (exact) mass is 409 g/mol. The van der Waals surface area contributed by atoms with E-state index in [1.165, 1.54) is 19.3 Å². The minimum Gasteiger partial charge on any atom is -0.357 e. The summed E-state index contributed by atoms with van der Waals surface area (Å²) in [7, 11) is 0. The van der Waals surface area contributed by atoms with E-state index in [1.807, 2.05) is 18.2 Å². The van der Waals surface area contributed by atoms with Crippen LogP contribution >= 0.6 is 0 Å². The number of nitrogens with one attached hydrogen (secondary N) is 3. The second-order valence-electron chi connectivity index (χ2n) is 7.93. The predicted molar refractivity (Wildman–Crippen MR) is 118 cm³/mol. The lowest BCUT2D eigenvalue weighted by molar-refractivity contribution is -0.116. The SMILES string of the molecule is CCNC(=NCC1CC(=O)Nc2ccccc21)NCCc1nnc2n1CCCCC2. The fourth-order valence-corrected chi connectivity index (χ4v) is 4.23. The van der Waals surface area contributed by atoms with E-state index >= 15 is 0 Å². The molecule has 0 aliphatic carbocycles. The van der Waals surface area contributed by atoms with Crippen LogP contribution in [0.25, 0.3) is 0 Å². The number of amides is 1. The molecule has 3 heterocycles. The zero-order valence-corrected chi connectivity index (χ0v) is 17.7. The second-order valence-corrected chi connectivity index (χ2v) is 7.93. The number of carbonyl (C=O) groups excluding carboxylic acids is 1. The Labute approximate surface area is 177 Å². The van der Waals surface area contributed by atoms with Crippen LogP contribution in [0.15, 0.2) is 29.3 Å². The molecule has 2 aliphatic heterocycles. The van der Waals surface area contributed by atoms with Crippen molar-refractivity contribution in [3.05, 3.63) is 41.5 Å². The zero-order chi connectivity index (χ0) is 20.8. The number of fused-ring (bicyclic) bond motifs is 2. The van der Waals surface area contributed by atoms with Crippen LogP contribution in [0.1, 0.15) is 55.7 Å². The van der Waals surface area contributed by atoms with Gasteiger partial charge < -0.3 is 20.5 Å². The molecule has 8 heteroatoms. The molecule has 2 aromatic rings. The molecule has 1 unspecified atom stereocenters. The Hall–Kier alpha value is -2.90. The number of nitrogens with zero attached hydrogens (tertiary/aromatic N) is 4. The van der Waals surface area contributed by atoms with Gasteiger partial charge in [0, 0.05) is 50.5 Å². The Morgan fingerprint density at radius 3 is 3.03 bits per heavy atom. The first-order valence-electron chi connectivity index (χ1n) is 11.1. The van der Waals surface area contributed by atoms with Crippen molar-refractivity contribution in [2.75, 3.05) is 25.0 Å². The van der Waals surface area contributed by atoms with Crippen molar-refractivity contribution < 1.29 is 4.79 Å². The average molecular weight is 410 g/mol. The van der Waals surface area contributed by atoms with E-state index in [9.17, 15) is 4.79 Å². The normalized spacial score (nSPS) is 18.8. The molecule has 8 nitrogen and oxygen atoms in total. The lowest BCUT2D eigenvalue weighted by atomic mass is 9.91. The van der Waals surface area contributed by atoms with Crippen LogP contribution in [0.5, 0.6) is 0 Å². The van der Waals surface area contributed by atoms with E-state index in [-0.39, 0.29) is 11.8 Å². The molecule has 0 radical (unpaired) electrons. The van der Waals surface area contributed by atoms with Crippen LogP contribution < -0.4 is 16.0 Å². The summed E-state index contributed by atoms with van der Waals surface area (Å²) in [6.07, 6.45) is 5.97. The highest BCUT2D eigenvalue weighted by Gasteiger charge is 2.24. The Bertz CT molecular complexity index is 905. The summed E-state index contributed by atoms with van der Waals surface area (Å²) in [5, 5.41) is 18.4. The third kappa shape index (κ3) is 4.80. The van der Waals surface area contributed by atoms with Crippen LogP contribution in [0.2, 0.25) is 0 Å². The summed E-state index contributed by atoms with van der Waals surface area (Å²) in [6, 6.07) is 7.99. The van der Waals surface area contributed by atoms with Crippen LogP contribution in [-0.4, -0.2) is 46.3 Å².